The summed E-state index contributed by atoms with van der Waals surface area (Å²) in [6.45, 7) is 58.5. The molecule has 5 aromatic rings. The number of hydrogen-bond acceptors (Lipinski definition) is 7. The van der Waals surface area contributed by atoms with Gasteiger partial charge in [0.1, 0.15) is 11.3 Å². The zero-order chi connectivity index (χ0) is 87.1. The van der Waals surface area contributed by atoms with Gasteiger partial charge in [0.05, 0.1) is 30.6 Å². The lowest BCUT2D eigenvalue weighted by atomic mass is 9.53. The zero-order valence-corrected chi connectivity index (χ0v) is 77.4. The molecule has 6 atom stereocenters. The van der Waals surface area contributed by atoms with Crippen molar-refractivity contribution in [3.8, 4) is 94.7 Å². The van der Waals surface area contributed by atoms with Crippen molar-refractivity contribution in [2.24, 2.45) is 70.3 Å². The van der Waals surface area contributed by atoms with Crippen molar-refractivity contribution < 1.29 is 9.90 Å². The molecule has 6 unspecified atom stereocenters. The van der Waals surface area contributed by atoms with Crippen molar-refractivity contribution in [1.29, 1.82) is 0 Å². The van der Waals surface area contributed by atoms with Crippen molar-refractivity contribution >= 4 is 11.6 Å². The number of carbonyl (C=O) groups is 1. The number of benzene rings is 4. The highest BCUT2D eigenvalue weighted by atomic mass is 16.3. The fourth-order valence-corrected chi connectivity index (χ4v) is 13.4. The Morgan fingerprint density at radius 3 is 1.72 bits per heavy atom. The minimum atomic E-state index is -0.777. The molecule has 4 aromatic carbocycles. The van der Waals surface area contributed by atoms with Crippen LogP contribution in [0.3, 0.4) is 0 Å². The van der Waals surface area contributed by atoms with Gasteiger partial charge in [-0.3, -0.25) is 9.69 Å². The maximum atomic E-state index is 11.4. The largest absolute Gasteiger partial charge is 0.385 e. The third kappa shape index (κ3) is 46.3. The van der Waals surface area contributed by atoms with Gasteiger partial charge in [-0.05, 0) is 189 Å². The molecular weight excluding hydrogens is 1410 g/mol. The highest BCUT2D eigenvalue weighted by Crippen LogP contribution is 2.64. The first-order chi connectivity index (χ1) is 54.9. The molecule has 1 amide bonds. The molecule has 1 heterocycles. The first-order valence-corrected chi connectivity index (χ1v) is 43.5. The second-order valence-electron chi connectivity index (χ2n) is 34.6. The van der Waals surface area contributed by atoms with Crippen molar-refractivity contribution in [3.63, 3.8) is 0 Å². The maximum absolute atomic E-state index is 11.4. The number of aliphatic hydroxyl groups is 1. The number of amides is 1. The van der Waals surface area contributed by atoms with Gasteiger partial charge < -0.3 is 26.8 Å². The predicted octanol–water partition coefficient (Wildman–Crippen LogP) is 23.0. The van der Waals surface area contributed by atoms with Crippen molar-refractivity contribution in [1.82, 2.24) is 25.8 Å². The quantitative estimate of drug-likeness (QED) is 0.0624. The number of fused-ring (bicyclic) bond motifs is 5. The number of aryl methyl sites for hydroxylation is 2. The minimum Gasteiger partial charge on any atom is -0.385 e. The maximum Gasteiger partial charge on any atom is 0.217 e. The van der Waals surface area contributed by atoms with E-state index < -0.39 is 5.60 Å². The SMILES string of the molecule is C=C(NCCCC(C)C)c1ccccc1.CC#CCN(C)CC.CC(=O)NCC#CC(C)C.CC(C)C#CC(C)(C)c1ccccc1.CC(C)C#CC(C)c1ccccc1.CC(C)C#CC1(N)CCCCC1.CC(C)C#Cc1ccccn1.CNCC#CC(C)C.Cc1ccc2c(c1)CCC1C2CCC2(C)C1CCC2(O)C#CC(C)C. The summed E-state index contributed by atoms with van der Waals surface area (Å²) in [6.07, 6.45) is 17.1. The monoisotopic (exact) mass is 1570 g/mol. The Bertz CT molecular complexity index is 4080. The number of pyridine rings is 1. The average Bonchev–Trinajstić information content (AvgIpc) is 1.53. The second-order valence-corrected chi connectivity index (χ2v) is 34.6. The number of rotatable bonds is 12. The van der Waals surface area contributed by atoms with Crippen LogP contribution >= 0.6 is 0 Å². The van der Waals surface area contributed by atoms with E-state index in [0.29, 0.717) is 65.7 Å². The Balaban J connectivity index is 0.000000670. The standard InChI is InChI=1S/C24H32O.C14H21N.C14H18.C13H16.C11H19N.C10H11N.C8H13NO.2C7H13N/c1-16(2)9-13-24(25)14-11-22-21-8-6-18-15-17(3)5-7-19(18)20(21)10-12-23(22,24)4;1-12(2)8-7-11-15-13(3)14-9-5-4-6-10-14;1-12(2)10-11-14(3,4)13-8-6-5-7-9-13;1-11(2)9-10-12(3)13-7-5-4-6-8-13;1-10(2)6-9-11(12)7-4-3-5-8-11;1-9(2)6-7-10-5-3-4-8-11-10;1-7(2)5-4-6-9-8(3)10;1-7(2)5-4-6-8-3;1-4-6-7-8(3)5-2/h5,7,15-16,20-22,25H,6,8,10-12,14H2,1-4H3;4-6,9-10,12,15H,3,7-8,11H2,1-2H3;5-9,12H,1-4H3;4-8,11-12H,1-3H3;10H,3-5,7-8,12H2,1-2H3;3-5,8-9H,1-2H3;7H,6H2,1-3H3,(H,9,10);7-8H,6H2,1-3H3;5,7H2,1-3H3. The summed E-state index contributed by atoms with van der Waals surface area (Å²) in [5.74, 6) is 55.8. The van der Waals surface area contributed by atoms with E-state index in [9.17, 15) is 9.90 Å². The molecule has 3 saturated carbocycles. The number of carbonyl (C=O) groups excluding carboxylic acids is 1. The van der Waals surface area contributed by atoms with Gasteiger partial charge in [0, 0.05) is 78.1 Å². The molecule has 8 nitrogen and oxygen atoms in total. The number of hydrogen-bond donors (Lipinski definition) is 5. The van der Waals surface area contributed by atoms with Crippen LogP contribution in [-0.4, -0.2) is 78.9 Å². The van der Waals surface area contributed by atoms with Gasteiger partial charge in [0.15, 0.2) is 0 Å². The van der Waals surface area contributed by atoms with Gasteiger partial charge in [-0.1, -0.05) is 354 Å². The molecule has 0 aliphatic heterocycles. The molecule has 630 valence electrons. The minimum absolute atomic E-state index is 0.0295. The van der Waals surface area contributed by atoms with E-state index in [4.69, 9.17) is 5.73 Å². The van der Waals surface area contributed by atoms with Crippen molar-refractivity contribution in [2.45, 2.75) is 278 Å². The number of nitrogens with two attached hydrogens (primary N) is 1. The Morgan fingerprint density at radius 1 is 0.638 bits per heavy atom. The fraction of sp³-hybridized carbons (Fsp3) is 0.556. The van der Waals surface area contributed by atoms with Crippen LogP contribution in [0.4, 0.5) is 0 Å². The van der Waals surface area contributed by atoms with Crippen LogP contribution < -0.4 is 21.7 Å². The summed E-state index contributed by atoms with van der Waals surface area (Å²) < 4.78 is 0. The van der Waals surface area contributed by atoms with E-state index in [2.05, 4.69) is 352 Å². The third-order valence-electron chi connectivity index (χ3n) is 20.1. The van der Waals surface area contributed by atoms with Gasteiger partial charge in [-0.2, -0.15) is 0 Å². The molecule has 0 radical (unpaired) electrons. The van der Waals surface area contributed by atoms with Crippen molar-refractivity contribution in [2.75, 3.05) is 46.8 Å². The Labute approximate surface area is 712 Å². The van der Waals surface area contributed by atoms with Crippen LogP contribution in [0.5, 0.6) is 0 Å². The fourth-order valence-electron chi connectivity index (χ4n) is 13.4. The van der Waals surface area contributed by atoms with Gasteiger partial charge in [-0.25, -0.2) is 4.98 Å². The second kappa shape index (κ2) is 59.1. The highest BCUT2D eigenvalue weighted by molar-refractivity contribution is 5.73. The molecule has 6 N–H and O–H groups in total. The van der Waals surface area contributed by atoms with Crippen LogP contribution in [0.15, 0.2) is 140 Å². The Kier molecular flexibility index (Phi) is 53.7. The van der Waals surface area contributed by atoms with Gasteiger partial charge in [0.25, 0.3) is 0 Å². The molecule has 4 aliphatic rings. The molecular formula is C108H156N6O2. The predicted molar refractivity (Wildman–Crippen MR) is 503 cm³/mol. The van der Waals surface area contributed by atoms with Crippen LogP contribution in [0, 0.1) is 166 Å². The molecule has 9 rings (SSSR count). The van der Waals surface area contributed by atoms with E-state index in [-0.39, 0.29) is 22.3 Å². The lowest BCUT2D eigenvalue weighted by Crippen LogP contribution is -2.50. The van der Waals surface area contributed by atoms with Gasteiger partial charge >= 0.3 is 0 Å². The molecule has 0 saturated heterocycles. The molecule has 116 heavy (non-hydrogen) atoms. The van der Waals surface area contributed by atoms with Gasteiger partial charge in [0.2, 0.25) is 5.91 Å². The van der Waals surface area contributed by atoms with E-state index in [0.717, 1.165) is 81.5 Å². The van der Waals surface area contributed by atoms with Crippen LogP contribution in [0.2, 0.25) is 0 Å². The summed E-state index contributed by atoms with van der Waals surface area (Å²) in [4.78, 5) is 16.5. The van der Waals surface area contributed by atoms with E-state index >= 15 is 0 Å². The molecule has 4 aliphatic carbocycles. The topological polar surface area (TPSA) is 116 Å². The molecule has 1 aromatic heterocycles. The first kappa shape index (κ1) is 105. The Hall–Kier alpha value is -8.64. The normalized spacial score (nSPS) is 17.4. The summed E-state index contributed by atoms with van der Waals surface area (Å²) >= 11 is 0. The summed E-state index contributed by atoms with van der Waals surface area (Å²) in [5, 5.41) is 20.3. The van der Waals surface area contributed by atoms with Crippen LogP contribution in [0.25, 0.3) is 5.70 Å². The van der Waals surface area contributed by atoms with E-state index in [1.165, 1.54) is 80.5 Å². The third-order valence-corrected chi connectivity index (χ3v) is 20.1. The van der Waals surface area contributed by atoms with Crippen molar-refractivity contribution in [3.05, 3.63) is 179 Å². The Morgan fingerprint density at radius 2 is 1.19 bits per heavy atom. The van der Waals surface area contributed by atoms with Crippen LogP contribution in [0.1, 0.15) is 287 Å². The van der Waals surface area contributed by atoms with Gasteiger partial charge in [-0.15, -0.1) is 5.92 Å². The number of nitrogens with one attached hydrogen (secondary N) is 3. The molecule has 0 spiro atoms. The highest BCUT2D eigenvalue weighted by Gasteiger charge is 2.61. The number of nitrogens with zero attached hydrogens (tertiary/aromatic N) is 2. The smallest absolute Gasteiger partial charge is 0.217 e. The lowest BCUT2D eigenvalue weighted by Gasteiger charge is -2.52. The molecule has 3 fully saturated rings. The van der Waals surface area contributed by atoms with E-state index in [1.807, 2.05) is 76.3 Å². The average molecular weight is 1570 g/mol. The number of aromatic nitrogens is 1. The lowest BCUT2D eigenvalue weighted by molar-refractivity contribution is -0.118. The molecule has 8 heteroatoms. The van der Waals surface area contributed by atoms with E-state index in [1.54, 1.807) is 17.3 Å². The summed E-state index contributed by atoms with van der Waals surface area (Å²) in [6, 6.07) is 43.9. The van der Waals surface area contributed by atoms with Crippen LogP contribution in [-0.2, 0) is 16.6 Å². The first-order valence-electron chi connectivity index (χ1n) is 43.5. The summed E-state index contributed by atoms with van der Waals surface area (Å²) in [5.41, 5.74) is 15.4. The molecule has 0 bridgehead atoms. The zero-order valence-electron chi connectivity index (χ0n) is 77.4. The summed E-state index contributed by atoms with van der Waals surface area (Å²) in [7, 11) is 3.96.